The van der Waals surface area contributed by atoms with E-state index in [1.165, 1.54) is 270 Å². The number of carbonyl (C=O) groups excluding carboxylic acids is 1. The number of allylic oxidation sites excluding steroid dienone is 3. The number of carbonyl (C=O) groups is 1. The maximum absolute atomic E-state index is 12.9. The average Bonchev–Trinajstić information content (AvgIpc) is 3.35. The Morgan fingerprint density at radius 2 is 0.753 bits per heavy atom. The summed E-state index contributed by atoms with van der Waals surface area (Å²) in [5.74, 6) is -0.192. The Labute approximate surface area is 455 Å². The summed E-state index contributed by atoms with van der Waals surface area (Å²) in [7, 11) is 1.28. The predicted molar refractivity (Wildman–Crippen MR) is 316 cm³/mol. The van der Waals surface area contributed by atoms with E-state index >= 15 is 0 Å². The first-order valence-corrected chi connectivity index (χ1v) is 33.7. The molecule has 0 aliphatic heterocycles. The van der Waals surface area contributed by atoms with Crippen LogP contribution in [0.15, 0.2) is 24.3 Å². The van der Waals surface area contributed by atoms with E-state index in [2.05, 4.69) is 31.3 Å². The molecule has 0 saturated carbocycles. The van der Waals surface area contributed by atoms with Crippen molar-refractivity contribution >= 4 is 13.7 Å². The molecule has 9 heteroatoms. The molecule has 0 aromatic rings. The molecule has 0 spiro atoms. The van der Waals surface area contributed by atoms with Gasteiger partial charge in [0.05, 0.1) is 39.9 Å². The van der Waals surface area contributed by atoms with Gasteiger partial charge >= 0.3 is 0 Å². The number of nitrogens with one attached hydrogen (secondary N) is 1. The molecule has 0 bridgehead atoms. The average molecular weight is 1050 g/mol. The number of hydrogen-bond donors (Lipinski definition) is 2. The molecule has 3 unspecified atom stereocenters. The van der Waals surface area contributed by atoms with Gasteiger partial charge in [0.15, 0.2) is 0 Å². The third-order valence-electron chi connectivity index (χ3n) is 14.9. The Morgan fingerprint density at radius 1 is 0.466 bits per heavy atom. The second-order valence-electron chi connectivity index (χ2n) is 23.5. The van der Waals surface area contributed by atoms with Gasteiger partial charge in [-0.25, -0.2) is 0 Å². The number of hydrogen-bond acceptors (Lipinski definition) is 6. The molecule has 0 rings (SSSR count). The number of unbranched alkanes of at least 4 members (excludes halogenated alkanes) is 45. The molecule has 0 saturated heterocycles. The molecular weight excluding hydrogens is 924 g/mol. The van der Waals surface area contributed by atoms with E-state index in [9.17, 15) is 19.4 Å². The predicted octanol–water partition coefficient (Wildman–Crippen LogP) is 19.3. The van der Waals surface area contributed by atoms with Crippen molar-refractivity contribution in [2.75, 3.05) is 40.9 Å². The minimum Gasteiger partial charge on any atom is -0.756 e. The van der Waals surface area contributed by atoms with Crippen LogP contribution in [0.1, 0.15) is 328 Å². The number of aliphatic hydroxyl groups excluding tert-OH is 1. The van der Waals surface area contributed by atoms with Crippen molar-refractivity contribution < 1.29 is 32.9 Å². The fourth-order valence-electron chi connectivity index (χ4n) is 9.86. The standard InChI is InChI=1S/C64H127N2O6P/c1-6-8-10-12-14-16-18-20-21-22-23-24-25-26-27-28-29-30-31-32-33-34-35-36-37-38-39-40-41-42-43-44-45-46-48-50-52-54-56-58-64(68)65-62(61-72-73(69,70)71-60-59-66(3,4)5)63(67)57-55-53-51-49-47-19-17-15-13-11-9-7-2/h22-23,55,57,62-63,67H,6-21,24-54,56,58-61H2,1-5H3,(H-,65,68,69,70)/b23-22-,57-55+. The van der Waals surface area contributed by atoms with Gasteiger partial charge in [-0.05, 0) is 44.9 Å². The highest BCUT2D eigenvalue weighted by Crippen LogP contribution is 2.38. The summed E-state index contributed by atoms with van der Waals surface area (Å²) < 4.78 is 23.3. The molecule has 1 amide bonds. The van der Waals surface area contributed by atoms with Crippen LogP contribution >= 0.6 is 7.82 Å². The van der Waals surface area contributed by atoms with Crippen LogP contribution in [-0.2, 0) is 18.4 Å². The van der Waals surface area contributed by atoms with Crippen molar-refractivity contribution in [1.82, 2.24) is 5.32 Å². The first-order chi connectivity index (χ1) is 35.5. The lowest BCUT2D eigenvalue weighted by molar-refractivity contribution is -0.870. The highest BCUT2D eigenvalue weighted by Gasteiger charge is 2.23. The fourth-order valence-corrected chi connectivity index (χ4v) is 10.6. The zero-order chi connectivity index (χ0) is 53.5. The molecule has 0 fully saturated rings. The summed E-state index contributed by atoms with van der Waals surface area (Å²) in [6.07, 6.45) is 71.7. The number of rotatable bonds is 60. The molecule has 0 aromatic carbocycles. The quantitative estimate of drug-likeness (QED) is 0.0272. The SMILES string of the molecule is CCCCCCCCCC/C=C\CCCCCCCCCCCCCCCCCCCCCCCCCCCCCC(=O)NC(COP(=O)([O-])OCC[N+](C)(C)C)C(O)/C=C/CCCCCCCCCCCC. The summed E-state index contributed by atoms with van der Waals surface area (Å²) in [4.78, 5) is 25.5. The van der Waals surface area contributed by atoms with E-state index in [0.717, 1.165) is 38.5 Å². The van der Waals surface area contributed by atoms with E-state index in [1.807, 2.05) is 27.2 Å². The second kappa shape index (κ2) is 55.7. The fraction of sp³-hybridized carbons (Fsp3) is 0.922. The van der Waals surface area contributed by atoms with Gasteiger partial charge < -0.3 is 28.8 Å². The molecule has 434 valence electrons. The van der Waals surface area contributed by atoms with Gasteiger partial charge in [0.2, 0.25) is 5.91 Å². The largest absolute Gasteiger partial charge is 0.756 e. The Morgan fingerprint density at radius 3 is 1.07 bits per heavy atom. The number of nitrogens with zero attached hydrogens (tertiary/aromatic N) is 1. The van der Waals surface area contributed by atoms with Gasteiger partial charge in [0.25, 0.3) is 7.82 Å². The van der Waals surface area contributed by atoms with E-state index < -0.39 is 20.0 Å². The van der Waals surface area contributed by atoms with E-state index in [-0.39, 0.29) is 19.1 Å². The number of amides is 1. The Balaban J connectivity index is 3.82. The van der Waals surface area contributed by atoms with Crippen LogP contribution in [0.4, 0.5) is 0 Å². The molecular formula is C64H127N2O6P. The summed E-state index contributed by atoms with van der Waals surface area (Å²) in [6.45, 7) is 4.67. The van der Waals surface area contributed by atoms with Crippen LogP contribution in [0.2, 0.25) is 0 Å². The summed E-state index contributed by atoms with van der Waals surface area (Å²) in [5.41, 5.74) is 0. The van der Waals surface area contributed by atoms with Crippen LogP contribution in [0.25, 0.3) is 0 Å². The maximum Gasteiger partial charge on any atom is 0.268 e. The Kier molecular flexibility index (Phi) is 54.9. The van der Waals surface area contributed by atoms with Crippen LogP contribution in [0, 0.1) is 0 Å². The Hall–Kier alpha value is -1.02. The first-order valence-electron chi connectivity index (χ1n) is 32.2. The number of phosphoric acid groups is 1. The number of phosphoric ester groups is 1. The van der Waals surface area contributed by atoms with Crippen molar-refractivity contribution in [2.45, 2.75) is 341 Å². The summed E-state index contributed by atoms with van der Waals surface area (Å²) in [5, 5.41) is 13.8. The third kappa shape index (κ3) is 58.5. The molecule has 0 radical (unpaired) electrons. The van der Waals surface area contributed by atoms with Gasteiger partial charge in [0, 0.05) is 6.42 Å². The molecule has 2 N–H and O–H groups in total. The van der Waals surface area contributed by atoms with E-state index in [1.54, 1.807) is 6.08 Å². The molecule has 0 heterocycles. The lowest BCUT2D eigenvalue weighted by Crippen LogP contribution is -2.45. The highest BCUT2D eigenvalue weighted by molar-refractivity contribution is 7.45. The van der Waals surface area contributed by atoms with Crippen LogP contribution in [0.3, 0.4) is 0 Å². The monoisotopic (exact) mass is 1050 g/mol. The normalized spacial score (nSPS) is 13.9. The summed E-state index contributed by atoms with van der Waals surface area (Å²) in [6, 6.07) is -0.882. The van der Waals surface area contributed by atoms with E-state index in [4.69, 9.17) is 9.05 Å². The highest BCUT2D eigenvalue weighted by atomic mass is 31.2. The molecule has 0 aliphatic carbocycles. The van der Waals surface area contributed by atoms with Gasteiger partial charge in [-0.15, -0.1) is 0 Å². The Bertz CT molecular complexity index is 1240. The lowest BCUT2D eigenvalue weighted by atomic mass is 10.0. The second-order valence-corrected chi connectivity index (χ2v) is 24.9. The van der Waals surface area contributed by atoms with Crippen molar-refractivity contribution in [3.63, 3.8) is 0 Å². The van der Waals surface area contributed by atoms with Crippen LogP contribution in [-0.4, -0.2) is 68.5 Å². The number of quaternary nitrogens is 1. The van der Waals surface area contributed by atoms with Gasteiger partial charge in [-0.1, -0.05) is 301 Å². The zero-order valence-electron chi connectivity index (χ0n) is 49.6. The van der Waals surface area contributed by atoms with Crippen molar-refractivity contribution in [3.05, 3.63) is 24.3 Å². The topological polar surface area (TPSA) is 108 Å². The molecule has 3 atom stereocenters. The lowest BCUT2D eigenvalue weighted by Gasteiger charge is -2.29. The van der Waals surface area contributed by atoms with Crippen molar-refractivity contribution in [2.24, 2.45) is 0 Å². The number of aliphatic hydroxyl groups is 1. The molecule has 0 aromatic heterocycles. The zero-order valence-corrected chi connectivity index (χ0v) is 50.5. The number of likely N-dealkylation sites (N-methyl/N-ethyl adjacent to an activating group) is 1. The van der Waals surface area contributed by atoms with E-state index in [0.29, 0.717) is 17.4 Å². The third-order valence-corrected chi connectivity index (χ3v) is 15.9. The van der Waals surface area contributed by atoms with Crippen LogP contribution < -0.4 is 10.2 Å². The van der Waals surface area contributed by atoms with Gasteiger partial charge in [-0.2, -0.15) is 0 Å². The smallest absolute Gasteiger partial charge is 0.268 e. The molecule has 73 heavy (non-hydrogen) atoms. The van der Waals surface area contributed by atoms with Crippen molar-refractivity contribution in [3.8, 4) is 0 Å². The maximum atomic E-state index is 12.9. The molecule has 0 aliphatic rings. The van der Waals surface area contributed by atoms with Gasteiger partial charge in [-0.3, -0.25) is 9.36 Å². The first kappa shape index (κ1) is 72.0. The van der Waals surface area contributed by atoms with Crippen molar-refractivity contribution in [1.29, 1.82) is 0 Å². The van der Waals surface area contributed by atoms with Gasteiger partial charge in [0.1, 0.15) is 13.2 Å². The minimum atomic E-state index is -4.59. The minimum absolute atomic E-state index is 0.00171. The summed E-state index contributed by atoms with van der Waals surface area (Å²) >= 11 is 0. The molecule has 8 nitrogen and oxygen atoms in total. The van der Waals surface area contributed by atoms with Crippen LogP contribution in [0.5, 0.6) is 0 Å².